The topological polar surface area (TPSA) is 99.9 Å². The van der Waals surface area contributed by atoms with Gasteiger partial charge in [0.2, 0.25) is 5.95 Å². The highest BCUT2D eigenvalue weighted by Gasteiger charge is 2.09. The molecular weight excluding hydrogens is 274 g/mol. The van der Waals surface area contributed by atoms with Crippen molar-refractivity contribution >= 4 is 5.95 Å². The minimum atomic E-state index is 0.228. The molecule has 21 heavy (non-hydrogen) atoms. The van der Waals surface area contributed by atoms with Gasteiger partial charge in [-0.1, -0.05) is 6.92 Å². The Morgan fingerprint density at radius 3 is 2.76 bits per heavy atom. The zero-order valence-corrected chi connectivity index (χ0v) is 12.2. The molecule has 0 aromatic carbocycles. The van der Waals surface area contributed by atoms with E-state index in [9.17, 15) is 0 Å². The van der Waals surface area contributed by atoms with Gasteiger partial charge in [-0.15, -0.1) is 0 Å². The van der Waals surface area contributed by atoms with Gasteiger partial charge in [0.1, 0.15) is 19.3 Å². The molecule has 0 spiro atoms. The normalized spacial score (nSPS) is 10.6. The van der Waals surface area contributed by atoms with Crippen LogP contribution < -0.4 is 10.1 Å². The van der Waals surface area contributed by atoms with E-state index in [0.717, 1.165) is 6.42 Å². The molecule has 114 valence electrons. The molecule has 0 aliphatic carbocycles. The van der Waals surface area contributed by atoms with Crippen molar-refractivity contribution in [1.82, 2.24) is 29.7 Å². The van der Waals surface area contributed by atoms with Crippen molar-refractivity contribution in [2.45, 2.75) is 20.3 Å². The second-order valence-electron chi connectivity index (χ2n) is 4.07. The van der Waals surface area contributed by atoms with Crippen LogP contribution >= 0.6 is 0 Å². The Kier molecular flexibility index (Phi) is 5.83. The molecule has 0 fully saturated rings. The number of anilines is 1. The largest absolute Gasteiger partial charge is 0.461 e. The highest BCUT2D eigenvalue weighted by molar-refractivity contribution is 5.29. The number of aromatic nitrogens is 6. The fraction of sp³-hybridized carbons (Fsp3) is 0.583. The van der Waals surface area contributed by atoms with Crippen molar-refractivity contribution in [1.29, 1.82) is 0 Å². The van der Waals surface area contributed by atoms with E-state index in [2.05, 4.69) is 37.3 Å². The maximum atomic E-state index is 5.49. The van der Waals surface area contributed by atoms with Crippen LogP contribution in [0.3, 0.4) is 0 Å². The first-order valence-electron chi connectivity index (χ1n) is 6.89. The number of rotatable bonds is 9. The first-order valence-corrected chi connectivity index (χ1v) is 6.89. The Morgan fingerprint density at radius 2 is 2.05 bits per heavy atom. The van der Waals surface area contributed by atoms with Gasteiger partial charge in [0.15, 0.2) is 0 Å². The van der Waals surface area contributed by atoms with Crippen LogP contribution in [0.5, 0.6) is 6.01 Å². The number of hydrogen-bond donors (Lipinski definition) is 1. The SMILES string of the molecule is CCCOCCOc1nc(NCC)nc(-n2cncn2)n1. The van der Waals surface area contributed by atoms with E-state index < -0.39 is 0 Å². The lowest BCUT2D eigenvalue weighted by Gasteiger charge is -2.08. The highest BCUT2D eigenvalue weighted by atomic mass is 16.5. The van der Waals surface area contributed by atoms with Crippen molar-refractivity contribution in [3.63, 3.8) is 0 Å². The summed E-state index contributed by atoms with van der Waals surface area (Å²) in [4.78, 5) is 16.5. The van der Waals surface area contributed by atoms with E-state index in [4.69, 9.17) is 9.47 Å². The van der Waals surface area contributed by atoms with Crippen molar-refractivity contribution in [2.75, 3.05) is 31.7 Å². The van der Waals surface area contributed by atoms with Crippen molar-refractivity contribution < 1.29 is 9.47 Å². The van der Waals surface area contributed by atoms with Gasteiger partial charge in [-0.3, -0.25) is 0 Å². The van der Waals surface area contributed by atoms with Gasteiger partial charge in [-0.25, -0.2) is 4.98 Å². The molecule has 0 aliphatic rings. The second-order valence-corrected chi connectivity index (χ2v) is 4.07. The molecule has 0 atom stereocenters. The summed E-state index contributed by atoms with van der Waals surface area (Å²) in [6.45, 7) is 6.30. The lowest BCUT2D eigenvalue weighted by atomic mass is 10.5. The quantitative estimate of drug-likeness (QED) is 0.674. The number of ether oxygens (including phenoxy) is 2. The molecule has 0 unspecified atom stereocenters. The molecule has 1 N–H and O–H groups in total. The van der Waals surface area contributed by atoms with E-state index in [1.54, 1.807) is 0 Å². The average Bonchev–Trinajstić information content (AvgIpc) is 3.01. The average molecular weight is 293 g/mol. The smallest absolute Gasteiger partial charge is 0.323 e. The van der Waals surface area contributed by atoms with Gasteiger partial charge in [0.05, 0.1) is 6.61 Å². The molecular formula is C12H19N7O2. The molecule has 2 rings (SSSR count). The summed E-state index contributed by atoms with van der Waals surface area (Å²) in [7, 11) is 0. The summed E-state index contributed by atoms with van der Waals surface area (Å²) in [6.07, 6.45) is 3.90. The van der Waals surface area contributed by atoms with Crippen LogP contribution in [0.15, 0.2) is 12.7 Å². The zero-order chi connectivity index (χ0) is 14.9. The molecule has 0 aliphatic heterocycles. The minimum Gasteiger partial charge on any atom is -0.461 e. The number of nitrogens with one attached hydrogen (secondary N) is 1. The Balaban J connectivity index is 2.05. The van der Waals surface area contributed by atoms with Gasteiger partial charge in [-0.2, -0.15) is 24.7 Å². The van der Waals surface area contributed by atoms with E-state index in [0.29, 0.717) is 38.3 Å². The summed E-state index contributed by atoms with van der Waals surface area (Å²) in [5, 5.41) is 7.02. The van der Waals surface area contributed by atoms with Crippen molar-refractivity contribution in [2.24, 2.45) is 0 Å². The van der Waals surface area contributed by atoms with Crippen LogP contribution in [-0.2, 0) is 4.74 Å². The van der Waals surface area contributed by atoms with Gasteiger partial charge in [0.25, 0.3) is 5.95 Å². The predicted octanol–water partition coefficient (Wildman–Crippen LogP) is 0.689. The number of nitrogens with zero attached hydrogens (tertiary/aromatic N) is 6. The maximum absolute atomic E-state index is 5.49. The molecule has 0 radical (unpaired) electrons. The van der Waals surface area contributed by atoms with E-state index >= 15 is 0 Å². The van der Waals surface area contributed by atoms with Gasteiger partial charge >= 0.3 is 6.01 Å². The van der Waals surface area contributed by atoms with Crippen molar-refractivity contribution in [3.05, 3.63) is 12.7 Å². The summed E-state index contributed by atoms with van der Waals surface area (Å²) >= 11 is 0. The first-order chi connectivity index (χ1) is 10.3. The Hall–Kier alpha value is -2.29. The lowest BCUT2D eigenvalue weighted by Crippen LogP contribution is -2.13. The third kappa shape index (κ3) is 4.63. The van der Waals surface area contributed by atoms with Crippen LogP contribution in [0.25, 0.3) is 5.95 Å². The monoisotopic (exact) mass is 293 g/mol. The first kappa shape index (κ1) is 15.1. The molecule has 2 aromatic rings. The van der Waals surface area contributed by atoms with E-state index in [1.165, 1.54) is 17.3 Å². The fourth-order valence-electron chi connectivity index (χ4n) is 1.50. The van der Waals surface area contributed by atoms with E-state index in [-0.39, 0.29) is 6.01 Å². The summed E-state index contributed by atoms with van der Waals surface area (Å²) < 4.78 is 12.3. The Morgan fingerprint density at radius 1 is 1.14 bits per heavy atom. The molecule has 9 nitrogen and oxygen atoms in total. The summed E-state index contributed by atoms with van der Waals surface area (Å²) in [5.74, 6) is 0.783. The molecule has 0 saturated carbocycles. The fourth-order valence-corrected chi connectivity index (χ4v) is 1.50. The van der Waals surface area contributed by atoms with Crippen LogP contribution in [0.2, 0.25) is 0 Å². The Bertz CT molecular complexity index is 532. The van der Waals surface area contributed by atoms with Crippen LogP contribution in [0, 0.1) is 0 Å². The van der Waals surface area contributed by atoms with Gasteiger partial charge in [0, 0.05) is 13.2 Å². The van der Waals surface area contributed by atoms with Crippen LogP contribution in [0.4, 0.5) is 5.95 Å². The standard InChI is InChI=1S/C12H19N7O2/c1-3-5-20-6-7-21-12-17-10(14-4-2)16-11(18-12)19-9-13-8-15-19/h8-9H,3-7H2,1-2H3,(H,14,16,17,18). The molecule has 0 bridgehead atoms. The molecule has 2 aromatic heterocycles. The lowest BCUT2D eigenvalue weighted by molar-refractivity contribution is 0.0971. The molecule has 0 amide bonds. The Labute approximate surface area is 122 Å². The summed E-state index contributed by atoms with van der Waals surface area (Å²) in [5.41, 5.74) is 0. The van der Waals surface area contributed by atoms with E-state index in [1.807, 2.05) is 6.92 Å². The number of hydrogen-bond acceptors (Lipinski definition) is 8. The third-order valence-electron chi connectivity index (χ3n) is 2.37. The zero-order valence-electron chi connectivity index (χ0n) is 12.2. The van der Waals surface area contributed by atoms with Crippen LogP contribution in [0.1, 0.15) is 20.3 Å². The molecule has 0 saturated heterocycles. The van der Waals surface area contributed by atoms with Gasteiger partial charge < -0.3 is 14.8 Å². The van der Waals surface area contributed by atoms with Crippen LogP contribution in [-0.4, -0.2) is 56.1 Å². The molecule has 9 heteroatoms. The maximum Gasteiger partial charge on any atom is 0.323 e. The highest BCUT2D eigenvalue weighted by Crippen LogP contribution is 2.10. The second kappa shape index (κ2) is 8.10. The molecule has 2 heterocycles. The predicted molar refractivity (Wildman–Crippen MR) is 75.5 cm³/mol. The van der Waals surface area contributed by atoms with Gasteiger partial charge in [-0.05, 0) is 13.3 Å². The summed E-state index contributed by atoms with van der Waals surface area (Å²) in [6, 6.07) is 0.228. The third-order valence-corrected chi connectivity index (χ3v) is 2.37. The minimum absolute atomic E-state index is 0.228. The van der Waals surface area contributed by atoms with Crippen molar-refractivity contribution in [3.8, 4) is 12.0 Å².